The third-order valence-electron chi connectivity index (χ3n) is 4.73. The van der Waals surface area contributed by atoms with E-state index in [1.165, 1.54) is 23.1 Å². The number of nitrogens with zero attached hydrogens (tertiary/aromatic N) is 2. The Bertz CT molecular complexity index is 1160. The minimum atomic E-state index is -0.736. The molecular formula is C22H23N5O4S2. The maximum atomic E-state index is 12.8. The van der Waals surface area contributed by atoms with Gasteiger partial charge in [0.25, 0.3) is 0 Å². The number of carbonyl (C=O) groups is 2. The Hall–Kier alpha value is -3.31. The fourth-order valence-electron chi connectivity index (χ4n) is 3.25. The number of anilines is 1. The lowest BCUT2D eigenvalue weighted by Crippen LogP contribution is -2.46. The lowest BCUT2D eigenvalue weighted by Gasteiger charge is -2.27. The van der Waals surface area contributed by atoms with Gasteiger partial charge in [-0.25, -0.2) is 9.59 Å². The number of esters is 1. The molecule has 3 aromatic rings. The Labute approximate surface area is 199 Å². The fourth-order valence-corrected chi connectivity index (χ4v) is 4.97. The van der Waals surface area contributed by atoms with E-state index in [9.17, 15) is 9.59 Å². The van der Waals surface area contributed by atoms with Crippen LogP contribution in [0.4, 0.5) is 9.93 Å². The van der Waals surface area contributed by atoms with Crippen LogP contribution in [0.1, 0.15) is 30.0 Å². The van der Waals surface area contributed by atoms with Crippen LogP contribution >= 0.6 is 23.1 Å². The highest BCUT2D eigenvalue weighted by atomic mass is 32.2. The van der Waals surface area contributed by atoms with Crippen LogP contribution in [0.3, 0.4) is 0 Å². The van der Waals surface area contributed by atoms with Crippen molar-refractivity contribution in [2.24, 2.45) is 0 Å². The van der Waals surface area contributed by atoms with E-state index in [0.717, 1.165) is 5.56 Å². The Morgan fingerprint density at radius 1 is 1.24 bits per heavy atom. The third kappa shape index (κ3) is 5.74. The van der Waals surface area contributed by atoms with Crippen LogP contribution in [0.15, 0.2) is 62.5 Å². The Balaban J connectivity index is 1.50. The van der Waals surface area contributed by atoms with Crippen LogP contribution in [0.25, 0.3) is 0 Å². The topological polar surface area (TPSA) is 118 Å². The first-order chi connectivity index (χ1) is 16.0. The Morgan fingerprint density at radius 3 is 2.79 bits per heavy atom. The highest BCUT2D eigenvalue weighted by molar-refractivity contribution is 8.01. The number of thioether (sulfide) groups is 1. The molecule has 2 amide bonds. The normalized spacial score (nSPS) is 15.7. The first-order valence-corrected chi connectivity index (χ1v) is 12.1. The summed E-state index contributed by atoms with van der Waals surface area (Å²) in [6.07, 6.45) is 0. The van der Waals surface area contributed by atoms with E-state index in [4.69, 9.17) is 9.15 Å². The van der Waals surface area contributed by atoms with Gasteiger partial charge in [-0.1, -0.05) is 53.4 Å². The smallest absolute Gasteiger partial charge is 0.338 e. The molecule has 1 atom stereocenters. The number of amides is 2. The number of urea groups is 1. The molecule has 3 N–H and O–H groups in total. The second kappa shape index (κ2) is 10.5. The zero-order chi connectivity index (χ0) is 23.2. The quantitative estimate of drug-likeness (QED) is 0.307. The van der Waals surface area contributed by atoms with E-state index >= 15 is 0 Å². The molecule has 0 saturated heterocycles. The zero-order valence-corrected chi connectivity index (χ0v) is 19.7. The molecule has 172 valence electrons. The summed E-state index contributed by atoms with van der Waals surface area (Å²) in [4.78, 5) is 25.1. The molecule has 33 heavy (non-hydrogen) atoms. The van der Waals surface area contributed by atoms with Crippen molar-refractivity contribution in [1.82, 2.24) is 20.8 Å². The summed E-state index contributed by atoms with van der Waals surface area (Å²) >= 11 is 2.79. The Morgan fingerprint density at radius 2 is 2.06 bits per heavy atom. The van der Waals surface area contributed by atoms with Gasteiger partial charge in [0.15, 0.2) is 4.34 Å². The van der Waals surface area contributed by atoms with Crippen LogP contribution in [-0.2, 0) is 16.1 Å². The average Bonchev–Trinajstić information content (AvgIpc) is 3.45. The zero-order valence-electron chi connectivity index (χ0n) is 18.1. The number of carbonyl (C=O) groups excluding carboxylic acids is 2. The molecule has 0 fully saturated rings. The number of furan rings is 1. The molecule has 3 heterocycles. The van der Waals surface area contributed by atoms with E-state index in [1.807, 2.05) is 30.3 Å². The van der Waals surface area contributed by atoms with E-state index in [0.29, 0.717) is 44.6 Å². The number of benzene rings is 1. The largest absolute Gasteiger partial charge is 0.464 e. The monoisotopic (exact) mass is 485 g/mol. The van der Waals surface area contributed by atoms with Crippen molar-refractivity contribution in [3.63, 3.8) is 0 Å². The lowest BCUT2D eigenvalue weighted by molar-refractivity contribution is -0.139. The van der Waals surface area contributed by atoms with Crippen molar-refractivity contribution >= 4 is 40.2 Å². The molecule has 1 unspecified atom stereocenters. The van der Waals surface area contributed by atoms with Crippen molar-refractivity contribution < 1.29 is 18.7 Å². The maximum Gasteiger partial charge on any atom is 0.338 e. The van der Waals surface area contributed by atoms with E-state index in [1.54, 1.807) is 26.0 Å². The van der Waals surface area contributed by atoms with Gasteiger partial charge in [0.05, 0.1) is 12.2 Å². The van der Waals surface area contributed by atoms with Gasteiger partial charge in [-0.05, 0) is 31.5 Å². The van der Waals surface area contributed by atoms with Gasteiger partial charge >= 0.3 is 12.0 Å². The van der Waals surface area contributed by atoms with Crippen LogP contribution in [-0.4, -0.2) is 34.6 Å². The molecular weight excluding hydrogens is 462 g/mol. The molecule has 4 rings (SSSR count). The fraction of sp³-hybridized carbons (Fsp3) is 0.273. The van der Waals surface area contributed by atoms with Crippen LogP contribution in [0, 0.1) is 6.92 Å². The summed E-state index contributed by atoms with van der Waals surface area (Å²) in [7, 11) is 0. The molecule has 0 bridgehead atoms. The van der Waals surface area contributed by atoms with E-state index in [-0.39, 0.29) is 6.61 Å². The number of rotatable bonds is 9. The molecule has 0 saturated carbocycles. The Kier molecular flexibility index (Phi) is 7.30. The molecule has 11 heteroatoms. The summed E-state index contributed by atoms with van der Waals surface area (Å²) in [5.41, 5.74) is 1.91. The number of aromatic nitrogens is 2. The first-order valence-electron chi connectivity index (χ1n) is 10.3. The summed E-state index contributed by atoms with van der Waals surface area (Å²) in [6.45, 7) is 4.40. The van der Waals surface area contributed by atoms with Crippen molar-refractivity contribution in [2.45, 2.75) is 30.8 Å². The molecule has 1 aromatic carbocycles. The van der Waals surface area contributed by atoms with Gasteiger partial charge in [-0.3, -0.25) is 0 Å². The van der Waals surface area contributed by atoms with Crippen LogP contribution in [0.5, 0.6) is 0 Å². The van der Waals surface area contributed by atoms with Crippen molar-refractivity contribution in [3.8, 4) is 0 Å². The maximum absolute atomic E-state index is 12.8. The summed E-state index contributed by atoms with van der Waals surface area (Å²) < 4.78 is 11.7. The molecule has 0 radical (unpaired) electrons. The number of nitrogens with one attached hydrogen (secondary N) is 3. The SMILES string of the molecule is CCOC(=O)C1=C(CSc2nnc(NCc3ccccc3)s2)NC(=O)NC1c1ccc(C)o1. The minimum absolute atomic E-state index is 0.216. The van der Waals surface area contributed by atoms with E-state index in [2.05, 4.69) is 26.1 Å². The number of ether oxygens (including phenoxy) is 1. The van der Waals surface area contributed by atoms with Gasteiger partial charge in [0.1, 0.15) is 17.6 Å². The van der Waals surface area contributed by atoms with Gasteiger partial charge in [-0.15, -0.1) is 10.2 Å². The highest BCUT2D eigenvalue weighted by Gasteiger charge is 2.35. The lowest BCUT2D eigenvalue weighted by atomic mass is 10.0. The van der Waals surface area contributed by atoms with Crippen LogP contribution in [0.2, 0.25) is 0 Å². The highest BCUT2D eigenvalue weighted by Crippen LogP contribution is 2.33. The van der Waals surface area contributed by atoms with Crippen LogP contribution < -0.4 is 16.0 Å². The van der Waals surface area contributed by atoms with Gasteiger partial charge in [0, 0.05) is 18.0 Å². The number of hydrogen-bond donors (Lipinski definition) is 3. The summed E-state index contributed by atoms with van der Waals surface area (Å²) in [5, 5.41) is 17.8. The third-order valence-corrected chi connectivity index (χ3v) is 6.77. The predicted molar refractivity (Wildman–Crippen MR) is 126 cm³/mol. The van der Waals surface area contributed by atoms with Crippen molar-refractivity contribution in [3.05, 3.63) is 70.8 Å². The standard InChI is InChI=1S/C22H23N5O4S2/c1-3-30-19(28)17-15(24-20(29)25-18(17)16-10-9-13(2)31-16)12-32-22-27-26-21(33-22)23-11-14-7-5-4-6-8-14/h4-10,18H,3,11-12H2,1-2H3,(H,23,26)(H2,24,25,29). The van der Waals surface area contributed by atoms with Gasteiger partial charge in [-0.2, -0.15) is 0 Å². The molecule has 0 aliphatic carbocycles. The predicted octanol–water partition coefficient (Wildman–Crippen LogP) is 4.02. The summed E-state index contributed by atoms with van der Waals surface area (Å²) in [5.74, 6) is 0.949. The second-order valence-corrected chi connectivity index (χ2v) is 9.29. The average molecular weight is 486 g/mol. The van der Waals surface area contributed by atoms with Gasteiger partial charge in [0.2, 0.25) is 5.13 Å². The molecule has 1 aliphatic rings. The molecule has 9 nitrogen and oxygen atoms in total. The van der Waals surface area contributed by atoms with Gasteiger partial charge < -0.3 is 25.1 Å². The molecule has 0 spiro atoms. The molecule has 1 aliphatic heterocycles. The van der Waals surface area contributed by atoms with Crippen molar-refractivity contribution in [2.75, 3.05) is 17.7 Å². The van der Waals surface area contributed by atoms with E-state index < -0.39 is 18.0 Å². The summed E-state index contributed by atoms with van der Waals surface area (Å²) in [6, 6.07) is 12.4. The second-order valence-electron chi connectivity index (χ2n) is 7.09. The minimum Gasteiger partial charge on any atom is -0.464 e. The molecule has 2 aromatic heterocycles. The first kappa shape index (κ1) is 22.9. The van der Waals surface area contributed by atoms with Crippen molar-refractivity contribution in [1.29, 1.82) is 0 Å². The number of hydrogen-bond acceptors (Lipinski definition) is 9. The number of aryl methyl sites for hydroxylation is 1.